The number of piperidine rings is 1. The van der Waals surface area contributed by atoms with E-state index >= 15 is 0 Å². The van der Waals surface area contributed by atoms with Crippen LogP contribution in [0.3, 0.4) is 0 Å². The van der Waals surface area contributed by atoms with Gasteiger partial charge in [0.2, 0.25) is 5.91 Å². The van der Waals surface area contributed by atoms with E-state index in [0.717, 1.165) is 29.7 Å². The van der Waals surface area contributed by atoms with Gasteiger partial charge in [-0.3, -0.25) is 19.4 Å². The number of rotatable bonds is 2. The number of likely N-dealkylation sites (tertiary alicyclic amines) is 1. The molecule has 4 rings (SSSR count). The minimum absolute atomic E-state index is 0.0174. The van der Waals surface area contributed by atoms with Gasteiger partial charge in [-0.25, -0.2) is 0 Å². The van der Waals surface area contributed by atoms with Gasteiger partial charge in [0.15, 0.2) is 0 Å². The molecule has 0 bridgehead atoms. The first-order chi connectivity index (χ1) is 15.1. The number of hydrogen-bond acceptors (Lipinski definition) is 4. The summed E-state index contributed by atoms with van der Waals surface area (Å²) < 4.78 is 0. The zero-order valence-electron chi connectivity index (χ0n) is 18.5. The van der Waals surface area contributed by atoms with E-state index < -0.39 is 11.8 Å². The normalized spacial score (nSPS) is 19.7. The molecule has 2 aliphatic heterocycles. The van der Waals surface area contributed by atoms with Gasteiger partial charge in [-0.05, 0) is 54.9 Å². The van der Waals surface area contributed by atoms with Crippen molar-refractivity contribution >= 4 is 40.7 Å². The van der Waals surface area contributed by atoms with Crippen molar-refractivity contribution in [3.8, 4) is 0 Å². The van der Waals surface area contributed by atoms with Crippen molar-refractivity contribution in [3.63, 3.8) is 0 Å². The Balaban J connectivity index is 1.58. The summed E-state index contributed by atoms with van der Waals surface area (Å²) in [5, 5.41) is 5.95. The number of aryl methyl sites for hydroxylation is 2. The Hall–Kier alpha value is -2.93. The van der Waals surface area contributed by atoms with Crippen LogP contribution < -0.4 is 10.6 Å². The molecule has 2 N–H and O–H groups in total. The number of aromatic nitrogens is 1. The van der Waals surface area contributed by atoms with Crippen molar-refractivity contribution in [2.24, 2.45) is 5.41 Å². The highest BCUT2D eigenvalue weighted by atomic mass is 35.5. The van der Waals surface area contributed by atoms with Gasteiger partial charge in [-0.15, -0.1) is 0 Å². The Morgan fingerprint density at radius 2 is 2.03 bits per heavy atom. The van der Waals surface area contributed by atoms with Crippen molar-refractivity contribution < 1.29 is 14.4 Å². The minimum atomic E-state index is -0.709. The second-order valence-electron chi connectivity index (χ2n) is 9.36. The number of fused-ring (bicyclic) bond motifs is 1. The lowest BCUT2D eigenvalue weighted by molar-refractivity contribution is -0.147. The highest BCUT2D eigenvalue weighted by Gasteiger charge is 2.39. The molecule has 2 aliphatic rings. The van der Waals surface area contributed by atoms with Crippen LogP contribution in [0.15, 0.2) is 30.5 Å². The van der Waals surface area contributed by atoms with Gasteiger partial charge in [0.1, 0.15) is 0 Å². The second kappa shape index (κ2) is 8.54. The second-order valence-corrected chi connectivity index (χ2v) is 9.77. The van der Waals surface area contributed by atoms with Crippen LogP contribution in [-0.2, 0) is 20.8 Å². The highest BCUT2D eigenvalue weighted by molar-refractivity contribution is 6.39. The lowest BCUT2D eigenvalue weighted by Gasteiger charge is -2.43. The molecule has 2 aromatic rings. The first-order valence-corrected chi connectivity index (χ1v) is 11.2. The summed E-state index contributed by atoms with van der Waals surface area (Å²) in [4.78, 5) is 43.6. The monoisotopic (exact) mass is 454 g/mol. The van der Waals surface area contributed by atoms with Crippen molar-refractivity contribution in [1.82, 2.24) is 9.88 Å². The molecule has 32 heavy (non-hydrogen) atoms. The number of amides is 3. The van der Waals surface area contributed by atoms with Gasteiger partial charge in [0.25, 0.3) is 0 Å². The highest BCUT2D eigenvalue weighted by Crippen LogP contribution is 2.40. The van der Waals surface area contributed by atoms with Crippen molar-refractivity contribution in [3.05, 3.63) is 52.3 Å². The van der Waals surface area contributed by atoms with Crippen molar-refractivity contribution in [2.75, 3.05) is 17.2 Å². The molecule has 8 heteroatoms. The molecule has 0 radical (unpaired) electrons. The van der Waals surface area contributed by atoms with Gasteiger partial charge in [-0.1, -0.05) is 37.6 Å². The average molecular weight is 455 g/mol. The summed E-state index contributed by atoms with van der Waals surface area (Å²) in [7, 11) is 0. The molecule has 0 spiro atoms. The summed E-state index contributed by atoms with van der Waals surface area (Å²) in [5.41, 5.74) is 3.80. The molecule has 0 saturated carbocycles. The third kappa shape index (κ3) is 4.63. The van der Waals surface area contributed by atoms with E-state index in [0.29, 0.717) is 35.8 Å². The predicted molar refractivity (Wildman–Crippen MR) is 123 cm³/mol. The fraction of sp³-hybridized carbons (Fsp3) is 0.417. The number of halogens is 1. The maximum atomic E-state index is 13.3. The number of anilines is 2. The SMILES string of the molecule is Cc1ncc(NC(=O)C(=O)N2CC(C)(C)CC[C@H]2c2ccc3c(c2)CCC(=O)N3)cc1Cl. The molecule has 1 saturated heterocycles. The number of benzene rings is 1. The zero-order valence-corrected chi connectivity index (χ0v) is 19.3. The molecule has 1 atom stereocenters. The quantitative estimate of drug-likeness (QED) is 0.663. The Bertz CT molecular complexity index is 1100. The summed E-state index contributed by atoms with van der Waals surface area (Å²) in [5.74, 6) is -1.27. The number of nitrogens with zero attached hydrogens (tertiary/aromatic N) is 2. The summed E-state index contributed by atoms with van der Waals surface area (Å²) in [6.07, 6.45) is 4.31. The van der Waals surface area contributed by atoms with Crippen LogP contribution in [0.1, 0.15) is 56.0 Å². The van der Waals surface area contributed by atoms with Gasteiger partial charge in [0, 0.05) is 18.7 Å². The van der Waals surface area contributed by atoms with Crippen LogP contribution in [0.4, 0.5) is 11.4 Å². The van der Waals surface area contributed by atoms with E-state index in [-0.39, 0.29) is 17.4 Å². The topological polar surface area (TPSA) is 91.4 Å². The van der Waals surface area contributed by atoms with Gasteiger partial charge >= 0.3 is 11.8 Å². The zero-order chi connectivity index (χ0) is 23.0. The van der Waals surface area contributed by atoms with Crippen LogP contribution in [-0.4, -0.2) is 34.2 Å². The van der Waals surface area contributed by atoms with E-state index in [1.165, 1.54) is 6.20 Å². The number of pyridine rings is 1. The average Bonchev–Trinajstić information content (AvgIpc) is 2.75. The third-order valence-corrected chi connectivity index (χ3v) is 6.60. The first-order valence-electron chi connectivity index (χ1n) is 10.8. The third-order valence-electron chi connectivity index (χ3n) is 6.22. The molecule has 1 fully saturated rings. The predicted octanol–water partition coefficient (Wildman–Crippen LogP) is 4.26. The van der Waals surface area contributed by atoms with Gasteiger partial charge in [0.05, 0.1) is 28.6 Å². The number of nitrogens with one attached hydrogen (secondary N) is 2. The summed E-state index contributed by atoms with van der Waals surface area (Å²) in [6, 6.07) is 7.27. The van der Waals surface area contributed by atoms with Crippen molar-refractivity contribution in [1.29, 1.82) is 0 Å². The van der Waals surface area contributed by atoms with E-state index in [1.54, 1.807) is 17.9 Å². The lowest BCUT2D eigenvalue weighted by atomic mass is 9.79. The van der Waals surface area contributed by atoms with Crippen LogP contribution in [0.2, 0.25) is 5.02 Å². The van der Waals surface area contributed by atoms with Crippen LogP contribution >= 0.6 is 11.6 Å². The fourth-order valence-electron chi connectivity index (χ4n) is 4.39. The van der Waals surface area contributed by atoms with Gasteiger partial charge in [-0.2, -0.15) is 0 Å². The molecule has 3 amide bonds. The first kappa shape index (κ1) is 22.3. The molecular weight excluding hydrogens is 428 g/mol. The molecule has 168 valence electrons. The Labute approximate surface area is 192 Å². The largest absolute Gasteiger partial charge is 0.327 e. The van der Waals surface area contributed by atoms with Gasteiger partial charge < -0.3 is 15.5 Å². The summed E-state index contributed by atoms with van der Waals surface area (Å²) in [6.45, 7) is 6.45. The maximum absolute atomic E-state index is 13.3. The van der Waals surface area contributed by atoms with E-state index in [1.807, 2.05) is 12.1 Å². The lowest BCUT2D eigenvalue weighted by Crippen LogP contribution is -2.49. The fourth-order valence-corrected chi connectivity index (χ4v) is 4.56. The minimum Gasteiger partial charge on any atom is -0.327 e. The summed E-state index contributed by atoms with van der Waals surface area (Å²) >= 11 is 6.10. The standard InChI is InChI=1S/C24H27ClN4O3/c1-14-18(25)11-17(12-26-14)27-22(31)23(32)29-13-24(2,3)9-8-20(29)16-4-6-19-15(10-16)5-7-21(30)28-19/h4,6,10-12,20H,5,7-9,13H2,1-3H3,(H,27,31)(H,28,30)/t20-/m0/s1. The molecule has 0 aliphatic carbocycles. The van der Waals surface area contributed by atoms with Crippen LogP contribution in [0, 0.1) is 12.3 Å². The Morgan fingerprint density at radius 1 is 1.25 bits per heavy atom. The maximum Gasteiger partial charge on any atom is 0.313 e. The molecule has 7 nitrogen and oxygen atoms in total. The van der Waals surface area contributed by atoms with Crippen LogP contribution in [0.25, 0.3) is 0 Å². The van der Waals surface area contributed by atoms with Crippen molar-refractivity contribution in [2.45, 2.75) is 52.5 Å². The smallest absolute Gasteiger partial charge is 0.313 e. The van der Waals surface area contributed by atoms with Crippen LogP contribution in [0.5, 0.6) is 0 Å². The van der Waals surface area contributed by atoms with E-state index in [2.05, 4.69) is 35.5 Å². The number of carbonyl (C=O) groups is 3. The molecule has 0 unspecified atom stereocenters. The molecule has 1 aromatic heterocycles. The Kier molecular flexibility index (Phi) is 5.95. The molecule has 3 heterocycles. The van der Waals surface area contributed by atoms with E-state index in [9.17, 15) is 14.4 Å². The molecule has 1 aromatic carbocycles. The number of hydrogen-bond donors (Lipinski definition) is 2. The number of carbonyl (C=O) groups excluding carboxylic acids is 3. The molecular formula is C24H27ClN4O3. The Morgan fingerprint density at radius 3 is 2.78 bits per heavy atom. The van der Waals surface area contributed by atoms with E-state index in [4.69, 9.17) is 11.6 Å².